The molecule has 1 saturated carbocycles. The largest absolute Gasteiger partial charge is 0.494 e. The Kier molecular flexibility index (Phi) is 3.64. The number of hydrogen-bond donors (Lipinski definition) is 2. The van der Waals surface area contributed by atoms with Crippen LogP contribution in [0.25, 0.3) is 0 Å². The SMILES string of the molecule is O=c1[nH]c(=O)n(Cc2ccccc2)c(O)c1C1CCCC1. The van der Waals surface area contributed by atoms with Crippen molar-refractivity contribution < 1.29 is 5.11 Å². The van der Waals surface area contributed by atoms with E-state index in [2.05, 4.69) is 4.98 Å². The van der Waals surface area contributed by atoms with E-state index in [0.717, 1.165) is 31.2 Å². The zero-order valence-electron chi connectivity index (χ0n) is 11.7. The standard InChI is InChI=1S/C16H18N2O3/c19-14-13(12-8-4-5-9-12)15(20)18(16(21)17-14)10-11-6-2-1-3-7-11/h1-3,6-7,12,20H,4-5,8-10H2,(H,17,19,21). The van der Waals surface area contributed by atoms with Crippen molar-refractivity contribution in [1.82, 2.24) is 9.55 Å². The predicted molar refractivity (Wildman–Crippen MR) is 79.7 cm³/mol. The molecule has 1 aliphatic carbocycles. The molecule has 0 spiro atoms. The summed E-state index contributed by atoms with van der Waals surface area (Å²) in [7, 11) is 0. The van der Waals surface area contributed by atoms with E-state index >= 15 is 0 Å². The molecule has 0 aliphatic heterocycles. The van der Waals surface area contributed by atoms with Crippen molar-refractivity contribution in [3.63, 3.8) is 0 Å². The summed E-state index contributed by atoms with van der Waals surface area (Å²) in [4.78, 5) is 26.3. The number of aromatic nitrogens is 2. The van der Waals surface area contributed by atoms with Gasteiger partial charge in [0.15, 0.2) is 0 Å². The molecule has 2 N–H and O–H groups in total. The van der Waals surface area contributed by atoms with E-state index in [1.54, 1.807) is 0 Å². The maximum Gasteiger partial charge on any atom is 0.331 e. The minimum absolute atomic E-state index is 0.0522. The van der Waals surface area contributed by atoms with Crippen molar-refractivity contribution in [3.05, 3.63) is 62.3 Å². The van der Waals surface area contributed by atoms with Crippen molar-refractivity contribution >= 4 is 0 Å². The van der Waals surface area contributed by atoms with Gasteiger partial charge in [0.05, 0.1) is 12.1 Å². The van der Waals surface area contributed by atoms with Gasteiger partial charge in [-0.05, 0) is 24.3 Å². The normalized spacial score (nSPS) is 15.4. The zero-order chi connectivity index (χ0) is 14.8. The molecule has 0 bridgehead atoms. The van der Waals surface area contributed by atoms with Crippen molar-refractivity contribution in [1.29, 1.82) is 0 Å². The maximum absolute atomic E-state index is 12.0. The van der Waals surface area contributed by atoms with Gasteiger partial charge in [0.1, 0.15) is 0 Å². The number of nitrogens with zero attached hydrogens (tertiary/aromatic N) is 1. The summed E-state index contributed by atoms with van der Waals surface area (Å²) in [6.07, 6.45) is 3.89. The molecular weight excluding hydrogens is 268 g/mol. The molecule has 0 amide bonds. The monoisotopic (exact) mass is 286 g/mol. The van der Waals surface area contributed by atoms with Crippen LogP contribution in [0.2, 0.25) is 0 Å². The Morgan fingerprint density at radius 2 is 1.81 bits per heavy atom. The van der Waals surface area contributed by atoms with Crippen LogP contribution in [0, 0.1) is 0 Å². The fourth-order valence-corrected chi connectivity index (χ4v) is 3.07. The topological polar surface area (TPSA) is 75.1 Å². The smallest absolute Gasteiger partial charge is 0.331 e. The highest BCUT2D eigenvalue weighted by Crippen LogP contribution is 2.35. The van der Waals surface area contributed by atoms with Gasteiger partial charge >= 0.3 is 5.69 Å². The lowest BCUT2D eigenvalue weighted by Gasteiger charge is -2.15. The van der Waals surface area contributed by atoms with Crippen LogP contribution in [-0.2, 0) is 6.54 Å². The Labute approximate surface area is 121 Å². The zero-order valence-corrected chi connectivity index (χ0v) is 11.7. The summed E-state index contributed by atoms with van der Waals surface area (Å²) in [5, 5.41) is 10.4. The molecule has 0 radical (unpaired) electrons. The van der Waals surface area contributed by atoms with Gasteiger partial charge in [-0.1, -0.05) is 43.2 Å². The van der Waals surface area contributed by atoms with Gasteiger partial charge in [-0.25, -0.2) is 4.79 Å². The van der Waals surface area contributed by atoms with Crippen LogP contribution in [0.3, 0.4) is 0 Å². The predicted octanol–water partition coefficient (Wildman–Crippen LogP) is 1.95. The lowest BCUT2D eigenvalue weighted by atomic mass is 10.00. The first-order valence-electron chi connectivity index (χ1n) is 7.26. The summed E-state index contributed by atoms with van der Waals surface area (Å²) in [6.45, 7) is 0.252. The lowest BCUT2D eigenvalue weighted by Crippen LogP contribution is -2.33. The molecule has 110 valence electrons. The van der Waals surface area contributed by atoms with Crippen LogP contribution < -0.4 is 11.2 Å². The Bertz CT molecular complexity index is 740. The first-order valence-corrected chi connectivity index (χ1v) is 7.26. The van der Waals surface area contributed by atoms with E-state index in [1.165, 1.54) is 4.57 Å². The highest BCUT2D eigenvalue weighted by Gasteiger charge is 2.25. The highest BCUT2D eigenvalue weighted by atomic mass is 16.3. The number of hydrogen-bond acceptors (Lipinski definition) is 3. The van der Waals surface area contributed by atoms with Crippen LogP contribution >= 0.6 is 0 Å². The van der Waals surface area contributed by atoms with Crippen LogP contribution in [0.4, 0.5) is 0 Å². The Hall–Kier alpha value is -2.30. The molecule has 2 aromatic rings. The minimum Gasteiger partial charge on any atom is -0.494 e. The molecular formula is C16H18N2O3. The second-order valence-corrected chi connectivity index (χ2v) is 5.55. The fourth-order valence-electron chi connectivity index (χ4n) is 3.07. The molecule has 1 fully saturated rings. The summed E-state index contributed by atoms with van der Waals surface area (Å²) < 4.78 is 1.24. The van der Waals surface area contributed by atoms with E-state index in [-0.39, 0.29) is 18.3 Å². The molecule has 21 heavy (non-hydrogen) atoms. The molecule has 0 atom stereocenters. The summed E-state index contributed by atoms with van der Waals surface area (Å²) in [5.74, 6) is -0.129. The second kappa shape index (κ2) is 5.60. The number of benzene rings is 1. The third-order valence-electron chi connectivity index (χ3n) is 4.15. The van der Waals surface area contributed by atoms with Crippen molar-refractivity contribution in [2.24, 2.45) is 0 Å². The second-order valence-electron chi connectivity index (χ2n) is 5.55. The average molecular weight is 286 g/mol. The van der Waals surface area contributed by atoms with Gasteiger partial charge in [0.2, 0.25) is 5.88 Å². The Balaban J connectivity index is 2.06. The molecule has 1 heterocycles. The van der Waals surface area contributed by atoms with Crippen molar-refractivity contribution in [2.75, 3.05) is 0 Å². The number of H-pyrrole nitrogens is 1. The number of nitrogens with one attached hydrogen (secondary N) is 1. The summed E-state index contributed by atoms with van der Waals surface area (Å²) in [6, 6.07) is 9.41. The fraction of sp³-hybridized carbons (Fsp3) is 0.375. The number of rotatable bonds is 3. The quantitative estimate of drug-likeness (QED) is 0.905. The van der Waals surface area contributed by atoms with Crippen LogP contribution in [0.1, 0.15) is 42.7 Å². The first-order chi connectivity index (χ1) is 10.2. The Morgan fingerprint density at radius 1 is 1.14 bits per heavy atom. The number of aromatic hydroxyl groups is 1. The first kappa shape index (κ1) is 13.7. The molecule has 1 aliphatic rings. The lowest BCUT2D eigenvalue weighted by molar-refractivity contribution is 0.395. The van der Waals surface area contributed by atoms with Crippen LogP contribution in [0.5, 0.6) is 5.88 Å². The van der Waals surface area contributed by atoms with E-state index < -0.39 is 11.2 Å². The third-order valence-corrected chi connectivity index (χ3v) is 4.15. The van der Waals surface area contributed by atoms with Gasteiger partial charge in [0, 0.05) is 0 Å². The van der Waals surface area contributed by atoms with Gasteiger partial charge in [-0.3, -0.25) is 14.3 Å². The van der Waals surface area contributed by atoms with E-state index in [9.17, 15) is 14.7 Å². The maximum atomic E-state index is 12.0. The minimum atomic E-state index is -0.567. The molecule has 5 nitrogen and oxygen atoms in total. The molecule has 1 aromatic heterocycles. The molecule has 5 heteroatoms. The summed E-state index contributed by atoms with van der Waals surface area (Å²) >= 11 is 0. The third kappa shape index (κ3) is 2.63. The van der Waals surface area contributed by atoms with E-state index in [0.29, 0.717) is 5.56 Å². The Morgan fingerprint density at radius 3 is 2.48 bits per heavy atom. The average Bonchev–Trinajstić information content (AvgIpc) is 2.98. The van der Waals surface area contributed by atoms with Crippen molar-refractivity contribution in [2.45, 2.75) is 38.1 Å². The van der Waals surface area contributed by atoms with Crippen LogP contribution in [-0.4, -0.2) is 14.7 Å². The molecule has 1 aromatic carbocycles. The summed E-state index contributed by atoms with van der Waals surface area (Å²) in [5.41, 5.74) is 0.249. The van der Waals surface area contributed by atoms with E-state index in [4.69, 9.17) is 0 Å². The van der Waals surface area contributed by atoms with Crippen LogP contribution in [0.15, 0.2) is 39.9 Å². The van der Waals surface area contributed by atoms with Gasteiger partial charge in [-0.15, -0.1) is 0 Å². The highest BCUT2D eigenvalue weighted by molar-refractivity contribution is 5.29. The van der Waals surface area contributed by atoms with E-state index in [1.807, 2.05) is 30.3 Å². The number of aromatic amines is 1. The molecule has 3 rings (SSSR count). The van der Waals surface area contributed by atoms with Gasteiger partial charge in [-0.2, -0.15) is 0 Å². The van der Waals surface area contributed by atoms with Gasteiger partial charge < -0.3 is 5.11 Å². The van der Waals surface area contributed by atoms with Gasteiger partial charge in [0.25, 0.3) is 5.56 Å². The molecule has 0 unspecified atom stereocenters. The van der Waals surface area contributed by atoms with Crippen molar-refractivity contribution in [3.8, 4) is 5.88 Å². The molecule has 0 saturated heterocycles.